The fourth-order valence-electron chi connectivity index (χ4n) is 1.27. The van der Waals surface area contributed by atoms with Gasteiger partial charge in [0.15, 0.2) is 0 Å². The Bertz CT molecular complexity index is 270. The number of aliphatic hydroxyl groups is 1. The molecule has 13 heavy (non-hydrogen) atoms. The molecule has 0 aliphatic rings. The largest absolute Gasteiger partial charge is 0.387 e. The van der Waals surface area contributed by atoms with E-state index in [9.17, 15) is 5.11 Å². The minimum Gasteiger partial charge on any atom is -0.387 e. The first-order chi connectivity index (χ1) is 6.04. The van der Waals surface area contributed by atoms with Crippen molar-refractivity contribution in [3.8, 4) is 0 Å². The zero-order valence-corrected chi connectivity index (χ0v) is 9.14. The van der Waals surface area contributed by atoms with E-state index in [0.29, 0.717) is 5.92 Å². The second-order valence-electron chi connectivity index (χ2n) is 3.70. The number of nitrogens with two attached hydrogens (primary N) is 1. The molecule has 2 atom stereocenters. The lowest BCUT2D eigenvalue weighted by Gasteiger charge is -2.22. The van der Waals surface area contributed by atoms with E-state index >= 15 is 0 Å². The van der Waals surface area contributed by atoms with Gasteiger partial charge in [-0.15, -0.1) is 11.3 Å². The van der Waals surface area contributed by atoms with Gasteiger partial charge in [0.2, 0.25) is 0 Å². The van der Waals surface area contributed by atoms with Crippen LogP contribution >= 0.6 is 11.3 Å². The highest BCUT2D eigenvalue weighted by Crippen LogP contribution is 2.26. The van der Waals surface area contributed by atoms with Crippen molar-refractivity contribution in [2.45, 2.75) is 32.9 Å². The summed E-state index contributed by atoms with van der Waals surface area (Å²) in [7, 11) is 0. The van der Waals surface area contributed by atoms with Crippen molar-refractivity contribution in [1.29, 1.82) is 0 Å². The normalized spacial score (nSPS) is 16.2. The maximum Gasteiger partial charge on any atom is 0.0953 e. The summed E-state index contributed by atoms with van der Waals surface area (Å²) in [5.74, 6) is 0.300. The summed E-state index contributed by atoms with van der Waals surface area (Å²) in [6.07, 6.45) is -0.522. The van der Waals surface area contributed by atoms with Crippen LogP contribution in [0.4, 0.5) is 0 Å². The minimum absolute atomic E-state index is 0.173. The number of hydrogen-bond donors (Lipinski definition) is 2. The Labute approximate surface area is 83.4 Å². The third kappa shape index (κ3) is 2.30. The van der Waals surface area contributed by atoms with Gasteiger partial charge in [-0.05, 0) is 29.9 Å². The molecule has 0 aliphatic carbocycles. The van der Waals surface area contributed by atoms with Crippen LogP contribution in [0, 0.1) is 12.8 Å². The van der Waals surface area contributed by atoms with Crippen molar-refractivity contribution in [3.05, 3.63) is 21.9 Å². The van der Waals surface area contributed by atoms with Crippen LogP contribution in [-0.2, 0) is 0 Å². The number of aryl methyl sites for hydroxylation is 1. The van der Waals surface area contributed by atoms with Gasteiger partial charge in [-0.3, -0.25) is 0 Å². The first-order valence-electron chi connectivity index (χ1n) is 4.51. The molecule has 0 spiro atoms. The molecule has 1 aromatic heterocycles. The van der Waals surface area contributed by atoms with Crippen LogP contribution in [0.25, 0.3) is 0 Å². The van der Waals surface area contributed by atoms with E-state index in [0.717, 1.165) is 10.4 Å². The predicted octanol–water partition coefficient (Wildman–Crippen LogP) is 2.07. The molecule has 0 amide bonds. The molecule has 1 heterocycles. The second kappa shape index (κ2) is 4.22. The Hall–Kier alpha value is -0.380. The molecule has 0 fully saturated rings. The first kappa shape index (κ1) is 10.7. The molecule has 0 saturated carbocycles. The third-order valence-electron chi connectivity index (χ3n) is 2.35. The highest BCUT2D eigenvalue weighted by molar-refractivity contribution is 7.10. The van der Waals surface area contributed by atoms with Gasteiger partial charge < -0.3 is 10.8 Å². The zero-order chi connectivity index (χ0) is 10.0. The average molecular weight is 199 g/mol. The standard InChI is InChI=1S/C10H17NOS/c1-6(2)9(11)10(12)8-4-5-13-7(8)3/h4-6,9-10,12H,11H2,1-3H3. The number of rotatable bonds is 3. The molecule has 74 valence electrons. The second-order valence-corrected chi connectivity index (χ2v) is 4.82. The van der Waals surface area contributed by atoms with E-state index < -0.39 is 6.10 Å². The highest BCUT2D eigenvalue weighted by Gasteiger charge is 2.21. The first-order valence-corrected chi connectivity index (χ1v) is 5.39. The maximum absolute atomic E-state index is 9.91. The summed E-state index contributed by atoms with van der Waals surface area (Å²) in [4.78, 5) is 1.16. The maximum atomic E-state index is 9.91. The Morgan fingerprint density at radius 3 is 2.46 bits per heavy atom. The van der Waals surface area contributed by atoms with Crippen molar-refractivity contribution >= 4 is 11.3 Å². The van der Waals surface area contributed by atoms with Gasteiger partial charge in [0, 0.05) is 10.9 Å². The minimum atomic E-state index is -0.522. The summed E-state index contributed by atoms with van der Waals surface area (Å²) in [6, 6.07) is 1.78. The molecule has 1 aromatic rings. The van der Waals surface area contributed by atoms with Gasteiger partial charge in [0.1, 0.15) is 0 Å². The Morgan fingerprint density at radius 2 is 2.08 bits per heavy atom. The summed E-state index contributed by atoms with van der Waals surface area (Å²) >= 11 is 1.65. The lowest BCUT2D eigenvalue weighted by Crippen LogP contribution is -2.33. The van der Waals surface area contributed by atoms with E-state index in [1.54, 1.807) is 11.3 Å². The van der Waals surface area contributed by atoms with E-state index in [-0.39, 0.29) is 6.04 Å². The number of aliphatic hydroxyl groups excluding tert-OH is 1. The molecule has 2 unspecified atom stereocenters. The van der Waals surface area contributed by atoms with Crippen LogP contribution < -0.4 is 5.73 Å². The molecule has 2 nitrogen and oxygen atoms in total. The Kier molecular flexibility index (Phi) is 3.47. The predicted molar refractivity (Wildman–Crippen MR) is 56.8 cm³/mol. The van der Waals surface area contributed by atoms with Gasteiger partial charge in [-0.2, -0.15) is 0 Å². The molecular weight excluding hydrogens is 182 g/mol. The Balaban J connectivity index is 2.79. The molecule has 0 aliphatic heterocycles. The highest BCUT2D eigenvalue weighted by atomic mass is 32.1. The van der Waals surface area contributed by atoms with Gasteiger partial charge in [-0.1, -0.05) is 13.8 Å². The molecule has 0 aromatic carbocycles. The lowest BCUT2D eigenvalue weighted by molar-refractivity contribution is 0.125. The fourth-order valence-corrected chi connectivity index (χ4v) is 2.02. The summed E-state index contributed by atoms with van der Waals surface area (Å²) in [5.41, 5.74) is 6.85. The van der Waals surface area contributed by atoms with Gasteiger partial charge in [-0.25, -0.2) is 0 Å². The Morgan fingerprint density at radius 1 is 1.46 bits per heavy atom. The molecule has 0 bridgehead atoms. The third-order valence-corrected chi connectivity index (χ3v) is 3.21. The molecule has 0 saturated heterocycles. The van der Waals surface area contributed by atoms with Crippen LogP contribution in [0.5, 0.6) is 0 Å². The topological polar surface area (TPSA) is 46.2 Å². The van der Waals surface area contributed by atoms with Crippen molar-refractivity contribution in [2.75, 3.05) is 0 Å². The van der Waals surface area contributed by atoms with Crippen molar-refractivity contribution in [1.82, 2.24) is 0 Å². The van der Waals surface area contributed by atoms with Crippen molar-refractivity contribution < 1.29 is 5.11 Å². The van der Waals surface area contributed by atoms with Crippen LogP contribution in [0.1, 0.15) is 30.4 Å². The summed E-state index contributed by atoms with van der Waals surface area (Å²) in [5, 5.41) is 11.9. The van der Waals surface area contributed by atoms with E-state index in [2.05, 4.69) is 0 Å². The van der Waals surface area contributed by atoms with Gasteiger partial charge >= 0.3 is 0 Å². The van der Waals surface area contributed by atoms with E-state index in [1.165, 1.54) is 0 Å². The monoisotopic (exact) mass is 199 g/mol. The molecule has 0 radical (unpaired) electrons. The fraction of sp³-hybridized carbons (Fsp3) is 0.600. The van der Waals surface area contributed by atoms with E-state index in [4.69, 9.17) is 5.73 Å². The smallest absolute Gasteiger partial charge is 0.0953 e. The summed E-state index contributed by atoms with van der Waals surface area (Å²) < 4.78 is 0. The van der Waals surface area contributed by atoms with Crippen LogP contribution in [-0.4, -0.2) is 11.1 Å². The zero-order valence-electron chi connectivity index (χ0n) is 8.32. The SMILES string of the molecule is Cc1sccc1C(O)C(N)C(C)C. The summed E-state index contributed by atoms with van der Waals surface area (Å²) in [6.45, 7) is 6.06. The number of thiophene rings is 1. The quantitative estimate of drug-likeness (QED) is 0.783. The van der Waals surface area contributed by atoms with Gasteiger partial charge in [0.05, 0.1) is 6.10 Å². The lowest BCUT2D eigenvalue weighted by atomic mass is 9.95. The molecule has 1 rings (SSSR count). The van der Waals surface area contributed by atoms with Crippen molar-refractivity contribution in [3.63, 3.8) is 0 Å². The average Bonchev–Trinajstić information content (AvgIpc) is 2.48. The number of hydrogen-bond acceptors (Lipinski definition) is 3. The van der Waals surface area contributed by atoms with Crippen LogP contribution in [0.15, 0.2) is 11.4 Å². The van der Waals surface area contributed by atoms with Crippen molar-refractivity contribution in [2.24, 2.45) is 11.7 Å². The molecular formula is C10H17NOS. The van der Waals surface area contributed by atoms with Gasteiger partial charge in [0.25, 0.3) is 0 Å². The molecule has 3 N–H and O–H groups in total. The van der Waals surface area contributed by atoms with Crippen LogP contribution in [0.3, 0.4) is 0 Å². The van der Waals surface area contributed by atoms with E-state index in [1.807, 2.05) is 32.2 Å². The molecule has 3 heteroatoms. The van der Waals surface area contributed by atoms with Crippen LogP contribution in [0.2, 0.25) is 0 Å².